The first-order valence-corrected chi connectivity index (χ1v) is 10.3. The number of hydrogen-bond acceptors (Lipinski definition) is 5. The predicted octanol–water partition coefficient (Wildman–Crippen LogP) is 3.96. The van der Waals surface area contributed by atoms with Crippen molar-refractivity contribution >= 4 is 17.3 Å². The van der Waals surface area contributed by atoms with Crippen LogP contribution in [0.25, 0.3) is 5.69 Å². The molecule has 0 aliphatic rings. The predicted molar refractivity (Wildman–Crippen MR) is 124 cm³/mol. The van der Waals surface area contributed by atoms with Gasteiger partial charge in [0.05, 0.1) is 18.9 Å². The summed E-state index contributed by atoms with van der Waals surface area (Å²) in [6.07, 6.45) is 0. The Kier molecular flexibility index (Phi) is 6.74. The molecule has 0 saturated carbocycles. The van der Waals surface area contributed by atoms with Crippen LogP contribution in [-0.2, 0) is 0 Å². The van der Waals surface area contributed by atoms with Gasteiger partial charge < -0.3 is 15.0 Å². The first kappa shape index (κ1) is 22.1. The van der Waals surface area contributed by atoms with Crippen molar-refractivity contribution in [1.82, 2.24) is 9.78 Å². The van der Waals surface area contributed by atoms with Crippen LogP contribution in [0.15, 0.2) is 53.3 Å². The van der Waals surface area contributed by atoms with Crippen molar-refractivity contribution in [2.45, 2.75) is 27.7 Å². The Hall–Kier alpha value is -3.61. The first-order chi connectivity index (χ1) is 14.9. The lowest BCUT2D eigenvalue weighted by atomic mass is 10.1. The molecule has 7 nitrogen and oxygen atoms in total. The largest absolute Gasteiger partial charge is 0.494 e. The van der Waals surface area contributed by atoms with E-state index in [4.69, 9.17) is 4.74 Å². The molecule has 0 saturated heterocycles. The Balaban J connectivity index is 1.95. The van der Waals surface area contributed by atoms with Gasteiger partial charge >= 0.3 is 0 Å². The lowest BCUT2D eigenvalue weighted by Gasteiger charge is -2.22. The van der Waals surface area contributed by atoms with E-state index in [2.05, 4.69) is 29.2 Å². The molecule has 0 fully saturated rings. The van der Waals surface area contributed by atoms with Gasteiger partial charge in [0.2, 0.25) is 0 Å². The molecule has 0 aliphatic heterocycles. The molecule has 1 heterocycles. The van der Waals surface area contributed by atoms with Gasteiger partial charge in [0, 0.05) is 24.5 Å². The smallest absolute Gasteiger partial charge is 0.280 e. The molecule has 1 amide bonds. The van der Waals surface area contributed by atoms with E-state index in [1.807, 2.05) is 44.2 Å². The summed E-state index contributed by atoms with van der Waals surface area (Å²) in [4.78, 5) is 27.8. The Morgan fingerprint density at radius 2 is 1.74 bits per heavy atom. The third-order valence-corrected chi connectivity index (χ3v) is 5.20. The Morgan fingerprint density at radius 1 is 1.06 bits per heavy atom. The number of nitrogens with zero attached hydrogens (tertiary/aromatic N) is 3. The molecule has 0 aliphatic carbocycles. The van der Waals surface area contributed by atoms with Gasteiger partial charge in [-0.2, -0.15) is 9.78 Å². The van der Waals surface area contributed by atoms with Crippen LogP contribution in [0, 0.1) is 13.8 Å². The van der Waals surface area contributed by atoms with E-state index in [1.165, 1.54) is 17.9 Å². The highest BCUT2D eigenvalue weighted by Crippen LogP contribution is 2.24. The zero-order chi connectivity index (χ0) is 22.5. The third-order valence-electron chi connectivity index (χ3n) is 5.20. The number of ether oxygens (including phenoxy) is 1. The number of amides is 1. The van der Waals surface area contributed by atoms with E-state index >= 15 is 0 Å². The topological polar surface area (TPSA) is 76.5 Å². The molecule has 0 radical (unpaired) electrons. The first-order valence-electron chi connectivity index (χ1n) is 10.3. The van der Waals surface area contributed by atoms with Crippen LogP contribution in [0.1, 0.15) is 35.5 Å². The summed E-state index contributed by atoms with van der Waals surface area (Å²) in [5, 5.41) is 7.20. The van der Waals surface area contributed by atoms with E-state index < -0.39 is 5.91 Å². The number of aromatic nitrogens is 2. The van der Waals surface area contributed by atoms with Crippen molar-refractivity contribution in [2.75, 3.05) is 30.4 Å². The normalized spacial score (nSPS) is 10.6. The number of aryl methyl sites for hydroxylation is 2. The molecule has 31 heavy (non-hydrogen) atoms. The van der Waals surface area contributed by atoms with Crippen LogP contribution in [0.3, 0.4) is 0 Å². The van der Waals surface area contributed by atoms with Crippen molar-refractivity contribution in [3.8, 4) is 11.4 Å². The Morgan fingerprint density at radius 3 is 2.32 bits per heavy atom. The van der Waals surface area contributed by atoms with Crippen molar-refractivity contribution < 1.29 is 9.53 Å². The zero-order valence-electron chi connectivity index (χ0n) is 18.6. The second-order valence-electron chi connectivity index (χ2n) is 7.27. The molecule has 1 aromatic heterocycles. The summed E-state index contributed by atoms with van der Waals surface area (Å²) < 4.78 is 6.46. The van der Waals surface area contributed by atoms with Gasteiger partial charge in [0.15, 0.2) is 11.4 Å². The molecule has 0 spiro atoms. The second kappa shape index (κ2) is 9.47. The molecular weight excluding hydrogens is 392 g/mol. The minimum atomic E-state index is -0.448. The molecule has 7 heteroatoms. The average Bonchev–Trinajstić information content (AvgIpc) is 2.76. The maximum atomic E-state index is 13.0. The summed E-state index contributed by atoms with van der Waals surface area (Å²) in [6, 6.07) is 14.5. The third kappa shape index (κ3) is 4.77. The molecule has 2 aromatic carbocycles. The number of nitrogens with one attached hydrogen (secondary N) is 1. The van der Waals surface area contributed by atoms with E-state index in [9.17, 15) is 9.59 Å². The number of hydrogen-bond donors (Lipinski definition) is 1. The summed E-state index contributed by atoms with van der Waals surface area (Å²) in [6.45, 7) is 9.93. The maximum absolute atomic E-state index is 13.0. The van der Waals surface area contributed by atoms with Gasteiger partial charge in [-0.25, -0.2) is 0 Å². The molecule has 0 atom stereocenters. The van der Waals surface area contributed by atoms with E-state index in [-0.39, 0.29) is 17.0 Å². The molecular formula is C24H28N4O3. The zero-order valence-corrected chi connectivity index (χ0v) is 18.6. The molecule has 1 N–H and O–H groups in total. The number of carbonyl (C=O) groups excluding carboxylic acids is 1. The van der Waals surface area contributed by atoms with Crippen molar-refractivity contribution in [3.63, 3.8) is 0 Å². The highest BCUT2D eigenvalue weighted by molar-refractivity contribution is 6.05. The van der Waals surface area contributed by atoms with Crippen LogP contribution in [0.5, 0.6) is 5.75 Å². The summed E-state index contributed by atoms with van der Waals surface area (Å²) in [5.41, 5.74) is 4.01. The SMILES string of the molecule is CCN(CC)c1ccc(NC(=O)c2nn(-c3ccc(C)cc3)c(=O)cc2OC)c(C)c1. The van der Waals surface area contributed by atoms with E-state index in [0.29, 0.717) is 11.4 Å². The van der Waals surface area contributed by atoms with Crippen molar-refractivity contribution in [1.29, 1.82) is 0 Å². The number of benzene rings is 2. The van der Waals surface area contributed by atoms with Crippen LogP contribution < -0.4 is 20.5 Å². The van der Waals surface area contributed by atoms with Gasteiger partial charge in [0.1, 0.15) is 0 Å². The fourth-order valence-electron chi connectivity index (χ4n) is 3.38. The van der Waals surface area contributed by atoms with Crippen molar-refractivity contribution in [3.05, 3.63) is 75.7 Å². The summed E-state index contributed by atoms with van der Waals surface area (Å²) >= 11 is 0. The average molecular weight is 421 g/mol. The Labute approximate surface area is 182 Å². The molecule has 3 aromatic rings. The fourth-order valence-corrected chi connectivity index (χ4v) is 3.38. The Bertz CT molecular complexity index is 1130. The van der Waals surface area contributed by atoms with Gasteiger partial charge in [-0.05, 0) is 63.6 Å². The van der Waals surface area contributed by atoms with E-state index in [0.717, 1.165) is 29.9 Å². The standard InChI is InChI=1S/C24H28N4O3/c1-6-27(7-2)19-12-13-20(17(4)14-19)25-24(30)23-21(31-5)15-22(29)28(26-23)18-10-8-16(3)9-11-18/h8-15H,6-7H2,1-5H3,(H,25,30). The molecule has 0 bridgehead atoms. The van der Waals surface area contributed by atoms with Crippen LogP contribution in [0.4, 0.5) is 11.4 Å². The summed E-state index contributed by atoms with van der Waals surface area (Å²) in [5.74, 6) is -0.320. The van der Waals surface area contributed by atoms with Gasteiger partial charge in [-0.3, -0.25) is 9.59 Å². The van der Waals surface area contributed by atoms with Crippen LogP contribution >= 0.6 is 0 Å². The lowest BCUT2D eigenvalue weighted by molar-refractivity contribution is 0.101. The number of rotatable bonds is 7. The number of carbonyl (C=O) groups is 1. The summed E-state index contributed by atoms with van der Waals surface area (Å²) in [7, 11) is 1.41. The monoisotopic (exact) mass is 420 g/mol. The van der Waals surface area contributed by atoms with Crippen LogP contribution in [0.2, 0.25) is 0 Å². The quantitative estimate of drug-likeness (QED) is 0.626. The minimum absolute atomic E-state index is 0.0369. The molecule has 0 unspecified atom stereocenters. The number of methoxy groups -OCH3 is 1. The lowest BCUT2D eigenvalue weighted by Crippen LogP contribution is -2.26. The molecule has 3 rings (SSSR count). The second-order valence-corrected chi connectivity index (χ2v) is 7.27. The highest BCUT2D eigenvalue weighted by Gasteiger charge is 2.19. The maximum Gasteiger partial charge on any atom is 0.280 e. The molecule has 162 valence electrons. The van der Waals surface area contributed by atoms with Gasteiger partial charge in [-0.1, -0.05) is 17.7 Å². The number of anilines is 2. The van der Waals surface area contributed by atoms with E-state index in [1.54, 1.807) is 12.1 Å². The minimum Gasteiger partial charge on any atom is -0.494 e. The van der Waals surface area contributed by atoms with Gasteiger partial charge in [-0.15, -0.1) is 0 Å². The van der Waals surface area contributed by atoms with Crippen LogP contribution in [-0.4, -0.2) is 35.9 Å². The van der Waals surface area contributed by atoms with Crippen molar-refractivity contribution in [2.24, 2.45) is 0 Å². The highest BCUT2D eigenvalue weighted by atomic mass is 16.5. The fraction of sp³-hybridized carbons (Fsp3) is 0.292. The van der Waals surface area contributed by atoms with Gasteiger partial charge in [0.25, 0.3) is 11.5 Å².